The predicted molar refractivity (Wildman–Crippen MR) is 75.4 cm³/mol. The molecule has 2 fully saturated rings. The van der Waals surface area contributed by atoms with E-state index in [0.29, 0.717) is 26.2 Å². The average Bonchev–Trinajstić information content (AvgIpc) is 3.31. The third kappa shape index (κ3) is 4.88. The average molecular weight is 319 g/mol. The van der Waals surface area contributed by atoms with E-state index < -0.39 is 13.0 Å². The first kappa shape index (κ1) is 17.1. The van der Waals surface area contributed by atoms with Crippen LogP contribution in [0.15, 0.2) is 0 Å². The first-order valence-electron chi connectivity index (χ1n) is 7.69. The zero-order chi connectivity index (χ0) is 16.1. The molecule has 0 radical (unpaired) electrons. The van der Waals surface area contributed by atoms with Crippen LogP contribution in [0.1, 0.15) is 12.8 Å². The molecule has 0 spiro atoms. The van der Waals surface area contributed by atoms with Crippen molar-refractivity contribution in [2.24, 2.45) is 5.92 Å². The van der Waals surface area contributed by atoms with Crippen molar-refractivity contribution in [2.45, 2.75) is 19.3 Å². The van der Waals surface area contributed by atoms with Gasteiger partial charge in [0.15, 0.2) is 0 Å². The Kier molecular flexibility index (Phi) is 6.07. The lowest BCUT2D eigenvalue weighted by atomic mass is 10.2. The Hall–Kier alpha value is -1.28. The predicted octanol–water partition coefficient (Wildman–Crippen LogP) is -0.373. The molecule has 0 bridgehead atoms. The van der Waals surface area contributed by atoms with Crippen LogP contribution in [0.3, 0.4) is 0 Å². The molecule has 8 heteroatoms. The number of nitrogens with zero attached hydrogens (tertiary/aromatic N) is 3. The minimum atomic E-state index is -2.53. The Morgan fingerprint density at radius 2 is 1.73 bits per heavy atom. The molecule has 6 nitrogen and oxygen atoms in total. The summed E-state index contributed by atoms with van der Waals surface area (Å²) < 4.78 is 24.9. The van der Waals surface area contributed by atoms with Gasteiger partial charge in [0.2, 0.25) is 11.8 Å². The van der Waals surface area contributed by atoms with Gasteiger partial charge < -0.3 is 14.9 Å². The molecule has 1 aliphatic carbocycles. The van der Waals surface area contributed by atoms with Gasteiger partial charge in [-0.2, -0.15) is 0 Å². The van der Waals surface area contributed by atoms with E-state index in [1.54, 1.807) is 9.80 Å². The highest BCUT2D eigenvalue weighted by Gasteiger charge is 2.35. The number of carbonyl (C=O) groups is 2. The van der Waals surface area contributed by atoms with Crippen molar-refractivity contribution in [3.05, 3.63) is 0 Å². The Bertz CT molecular complexity index is 397. The fourth-order valence-electron chi connectivity index (χ4n) is 2.63. The van der Waals surface area contributed by atoms with Gasteiger partial charge in [0, 0.05) is 38.6 Å². The van der Waals surface area contributed by atoms with Crippen LogP contribution in [0, 0.1) is 5.92 Å². The summed E-state index contributed by atoms with van der Waals surface area (Å²) >= 11 is 0. The fourth-order valence-corrected chi connectivity index (χ4v) is 2.63. The van der Waals surface area contributed by atoms with E-state index in [-0.39, 0.29) is 37.4 Å². The summed E-state index contributed by atoms with van der Waals surface area (Å²) in [6, 6.07) is 0. The SMILES string of the molecule is O=C(CN(CCO)CC(F)F)N1CCN(C(=O)C2CC2)CC1. The van der Waals surface area contributed by atoms with Crippen LogP contribution in [0.4, 0.5) is 8.78 Å². The maximum atomic E-state index is 12.4. The second-order valence-corrected chi connectivity index (χ2v) is 5.83. The standard InChI is InChI=1S/C14H23F2N3O3/c15-12(16)9-17(7-8-20)10-13(21)18-3-5-19(6-4-18)14(22)11-1-2-11/h11-12,20H,1-10H2. The summed E-state index contributed by atoms with van der Waals surface area (Å²) in [7, 11) is 0. The van der Waals surface area contributed by atoms with E-state index >= 15 is 0 Å². The molecule has 22 heavy (non-hydrogen) atoms. The van der Waals surface area contributed by atoms with Crippen LogP contribution in [-0.4, -0.2) is 90.5 Å². The first-order chi connectivity index (χ1) is 10.5. The van der Waals surface area contributed by atoms with Crippen molar-refractivity contribution in [1.82, 2.24) is 14.7 Å². The second kappa shape index (κ2) is 7.82. The zero-order valence-electron chi connectivity index (χ0n) is 12.6. The summed E-state index contributed by atoms with van der Waals surface area (Å²) in [6.07, 6.45) is -0.615. The maximum Gasteiger partial charge on any atom is 0.251 e. The first-order valence-corrected chi connectivity index (χ1v) is 7.69. The third-order valence-electron chi connectivity index (χ3n) is 4.04. The number of aliphatic hydroxyl groups excluding tert-OH is 1. The molecule has 0 atom stereocenters. The van der Waals surface area contributed by atoms with Crippen molar-refractivity contribution in [2.75, 3.05) is 52.4 Å². The normalized spacial score (nSPS) is 19.1. The number of amides is 2. The van der Waals surface area contributed by atoms with Gasteiger partial charge >= 0.3 is 0 Å². The number of hydrogen-bond acceptors (Lipinski definition) is 4. The minimum Gasteiger partial charge on any atom is -0.395 e. The number of hydrogen-bond donors (Lipinski definition) is 1. The molecule has 1 saturated carbocycles. The zero-order valence-corrected chi connectivity index (χ0v) is 12.6. The highest BCUT2D eigenvalue weighted by Crippen LogP contribution is 2.31. The van der Waals surface area contributed by atoms with E-state index in [4.69, 9.17) is 5.11 Å². The van der Waals surface area contributed by atoms with Gasteiger partial charge in [-0.15, -0.1) is 0 Å². The van der Waals surface area contributed by atoms with Crippen molar-refractivity contribution < 1.29 is 23.5 Å². The molecule has 1 saturated heterocycles. The van der Waals surface area contributed by atoms with Crippen molar-refractivity contribution in [3.8, 4) is 0 Å². The highest BCUT2D eigenvalue weighted by molar-refractivity contribution is 5.82. The molecule has 0 unspecified atom stereocenters. The molecule has 1 aliphatic heterocycles. The number of aliphatic hydroxyl groups is 1. The topological polar surface area (TPSA) is 64.1 Å². The maximum absolute atomic E-state index is 12.4. The molecule has 2 aliphatic rings. The van der Waals surface area contributed by atoms with Gasteiger partial charge in [-0.05, 0) is 12.8 Å². The Morgan fingerprint density at radius 1 is 1.14 bits per heavy atom. The molecule has 2 rings (SSSR count). The van der Waals surface area contributed by atoms with Gasteiger partial charge in [0.1, 0.15) is 0 Å². The van der Waals surface area contributed by atoms with E-state index in [1.807, 2.05) is 0 Å². The highest BCUT2D eigenvalue weighted by atomic mass is 19.3. The molecule has 1 heterocycles. The largest absolute Gasteiger partial charge is 0.395 e. The van der Waals surface area contributed by atoms with Crippen molar-refractivity contribution in [3.63, 3.8) is 0 Å². The monoisotopic (exact) mass is 319 g/mol. The summed E-state index contributed by atoms with van der Waals surface area (Å²) in [5.74, 6) is 0.118. The molecule has 2 amide bonds. The van der Waals surface area contributed by atoms with Gasteiger partial charge in [-0.25, -0.2) is 8.78 Å². The summed E-state index contributed by atoms with van der Waals surface area (Å²) in [5.41, 5.74) is 0. The minimum absolute atomic E-state index is 0.0518. The quantitative estimate of drug-likeness (QED) is 0.695. The second-order valence-electron chi connectivity index (χ2n) is 5.83. The summed E-state index contributed by atoms with van der Waals surface area (Å²) in [4.78, 5) is 28.7. The van der Waals surface area contributed by atoms with Crippen LogP contribution in [0.5, 0.6) is 0 Å². The number of carbonyl (C=O) groups excluding carboxylic acids is 2. The lowest BCUT2D eigenvalue weighted by molar-refractivity contribution is -0.141. The molecule has 0 aromatic rings. The molecule has 1 N–H and O–H groups in total. The fraction of sp³-hybridized carbons (Fsp3) is 0.857. The van der Waals surface area contributed by atoms with Gasteiger partial charge in [0.25, 0.3) is 6.43 Å². The lowest BCUT2D eigenvalue weighted by Crippen LogP contribution is -2.53. The summed E-state index contributed by atoms with van der Waals surface area (Å²) in [6.45, 7) is 1.05. The molecule has 0 aromatic carbocycles. The van der Waals surface area contributed by atoms with Crippen molar-refractivity contribution in [1.29, 1.82) is 0 Å². The van der Waals surface area contributed by atoms with E-state index in [9.17, 15) is 18.4 Å². The number of piperazine rings is 1. The Morgan fingerprint density at radius 3 is 2.23 bits per heavy atom. The van der Waals surface area contributed by atoms with Crippen molar-refractivity contribution >= 4 is 11.8 Å². The molecular formula is C14H23F2N3O3. The third-order valence-corrected chi connectivity index (χ3v) is 4.04. The van der Waals surface area contributed by atoms with Gasteiger partial charge in [0.05, 0.1) is 19.7 Å². The van der Waals surface area contributed by atoms with Crippen LogP contribution in [-0.2, 0) is 9.59 Å². The van der Waals surface area contributed by atoms with Gasteiger partial charge in [-0.1, -0.05) is 0 Å². The Labute approximate surface area is 128 Å². The molecular weight excluding hydrogens is 296 g/mol. The van der Waals surface area contributed by atoms with Gasteiger partial charge in [-0.3, -0.25) is 14.5 Å². The van der Waals surface area contributed by atoms with Crippen LogP contribution >= 0.6 is 0 Å². The lowest BCUT2D eigenvalue weighted by Gasteiger charge is -2.36. The smallest absolute Gasteiger partial charge is 0.251 e. The van der Waals surface area contributed by atoms with E-state index in [1.165, 1.54) is 4.90 Å². The number of alkyl halides is 2. The van der Waals surface area contributed by atoms with Crippen LogP contribution in [0.25, 0.3) is 0 Å². The number of rotatable bonds is 7. The molecule has 0 aromatic heterocycles. The summed E-state index contributed by atoms with van der Waals surface area (Å²) in [5, 5.41) is 8.87. The number of halogens is 2. The van der Waals surface area contributed by atoms with E-state index in [0.717, 1.165) is 12.8 Å². The molecule has 126 valence electrons. The van der Waals surface area contributed by atoms with Crippen LogP contribution in [0.2, 0.25) is 0 Å². The van der Waals surface area contributed by atoms with Crippen LogP contribution < -0.4 is 0 Å². The van der Waals surface area contributed by atoms with E-state index in [2.05, 4.69) is 0 Å². The Balaban J connectivity index is 1.76.